The molecule has 0 aliphatic heterocycles. The minimum atomic E-state index is -0.103. The van der Waals surface area contributed by atoms with E-state index in [-0.39, 0.29) is 10.8 Å². The first-order chi connectivity index (χ1) is 24.2. The van der Waals surface area contributed by atoms with E-state index < -0.39 is 0 Å². The third-order valence-electron chi connectivity index (χ3n) is 10.4. The highest BCUT2D eigenvalue weighted by Crippen LogP contribution is 2.54. The number of para-hydroxylation sites is 1. The van der Waals surface area contributed by atoms with E-state index >= 15 is 0 Å². The molecule has 0 aromatic heterocycles. The van der Waals surface area contributed by atoms with E-state index in [0.717, 1.165) is 17.1 Å². The summed E-state index contributed by atoms with van der Waals surface area (Å²) in [6, 6.07) is 62.2. The molecule has 1 aliphatic carbocycles. The van der Waals surface area contributed by atoms with Crippen LogP contribution in [0.3, 0.4) is 0 Å². The van der Waals surface area contributed by atoms with Gasteiger partial charge in [0.05, 0.1) is 5.69 Å². The lowest BCUT2D eigenvalue weighted by molar-refractivity contribution is 0.584. The fourth-order valence-corrected chi connectivity index (χ4v) is 7.69. The lowest BCUT2D eigenvalue weighted by Crippen LogP contribution is -2.17. The maximum atomic E-state index is 2.46. The fourth-order valence-electron chi connectivity index (χ4n) is 7.69. The van der Waals surface area contributed by atoms with E-state index in [9.17, 15) is 0 Å². The molecule has 244 valence electrons. The standard InChI is InChI=1S/C49H43N/c1-48(2,3)38-28-31-43-45(33-38)49(4,5)44-24-15-23-42(47(43)44)41-22-12-13-25-46(41)50(39-29-26-36(27-30-39)34-16-8-6-9-17-34)40-21-14-20-37(32-40)35-18-10-7-11-19-35/h6-33H,1-5H3. The zero-order valence-corrected chi connectivity index (χ0v) is 29.6. The lowest BCUT2D eigenvalue weighted by Gasteiger charge is -2.29. The Morgan fingerprint density at radius 2 is 1.00 bits per heavy atom. The SMILES string of the molecule is CC(C)(C)c1ccc2c(c1)C(C)(C)c1cccc(-c3ccccc3N(c3ccc(-c4ccccc4)cc3)c3cccc(-c4ccccc4)c3)c1-2. The van der Waals surface area contributed by atoms with Gasteiger partial charge in [-0.15, -0.1) is 0 Å². The van der Waals surface area contributed by atoms with Crippen molar-refractivity contribution >= 4 is 17.1 Å². The van der Waals surface area contributed by atoms with E-state index in [2.05, 4.69) is 209 Å². The minimum Gasteiger partial charge on any atom is -0.310 e. The van der Waals surface area contributed by atoms with Gasteiger partial charge in [-0.1, -0.05) is 174 Å². The third kappa shape index (κ3) is 5.53. The predicted molar refractivity (Wildman–Crippen MR) is 214 cm³/mol. The molecular weight excluding hydrogens is 603 g/mol. The van der Waals surface area contributed by atoms with Crippen LogP contribution in [-0.2, 0) is 10.8 Å². The molecule has 0 fully saturated rings. The van der Waals surface area contributed by atoms with Gasteiger partial charge in [0.2, 0.25) is 0 Å². The summed E-state index contributed by atoms with van der Waals surface area (Å²) in [6.07, 6.45) is 0. The van der Waals surface area contributed by atoms with E-state index in [1.807, 2.05) is 0 Å². The van der Waals surface area contributed by atoms with Crippen LogP contribution in [0, 0.1) is 0 Å². The minimum absolute atomic E-state index is 0.0835. The Balaban J connectivity index is 1.33. The number of fused-ring (bicyclic) bond motifs is 3. The third-order valence-corrected chi connectivity index (χ3v) is 10.4. The first-order valence-electron chi connectivity index (χ1n) is 17.7. The topological polar surface area (TPSA) is 3.24 Å². The number of hydrogen-bond donors (Lipinski definition) is 0. The smallest absolute Gasteiger partial charge is 0.0540 e. The molecule has 0 heterocycles. The maximum Gasteiger partial charge on any atom is 0.0540 e. The average Bonchev–Trinajstić information content (AvgIpc) is 3.38. The molecule has 50 heavy (non-hydrogen) atoms. The van der Waals surface area contributed by atoms with Gasteiger partial charge in [-0.25, -0.2) is 0 Å². The summed E-state index contributed by atoms with van der Waals surface area (Å²) in [7, 11) is 0. The molecule has 1 nitrogen and oxygen atoms in total. The molecule has 0 spiro atoms. The summed E-state index contributed by atoms with van der Waals surface area (Å²) >= 11 is 0. The van der Waals surface area contributed by atoms with Gasteiger partial charge in [0, 0.05) is 22.4 Å². The van der Waals surface area contributed by atoms with E-state index in [0.29, 0.717) is 0 Å². The largest absolute Gasteiger partial charge is 0.310 e. The maximum absolute atomic E-state index is 2.46. The summed E-state index contributed by atoms with van der Waals surface area (Å²) in [5, 5.41) is 0. The van der Waals surface area contributed by atoms with Crippen molar-refractivity contribution in [3.05, 3.63) is 187 Å². The monoisotopic (exact) mass is 645 g/mol. The Morgan fingerprint density at radius 1 is 0.420 bits per heavy atom. The van der Waals surface area contributed by atoms with Crippen molar-refractivity contribution in [3.8, 4) is 44.5 Å². The van der Waals surface area contributed by atoms with E-state index in [1.165, 1.54) is 61.2 Å². The Kier molecular flexibility index (Phi) is 7.80. The van der Waals surface area contributed by atoms with Crippen molar-refractivity contribution in [1.29, 1.82) is 0 Å². The van der Waals surface area contributed by atoms with Crippen molar-refractivity contribution < 1.29 is 0 Å². The Hall–Kier alpha value is -5.66. The van der Waals surface area contributed by atoms with Gasteiger partial charge in [-0.2, -0.15) is 0 Å². The highest BCUT2D eigenvalue weighted by atomic mass is 15.1. The van der Waals surface area contributed by atoms with Crippen LogP contribution in [0.5, 0.6) is 0 Å². The lowest BCUT2D eigenvalue weighted by atomic mass is 9.79. The Bertz CT molecular complexity index is 2310. The summed E-state index contributed by atoms with van der Waals surface area (Å²) < 4.78 is 0. The van der Waals surface area contributed by atoms with Crippen LogP contribution < -0.4 is 4.90 Å². The summed E-state index contributed by atoms with van der Waals surface area (Å²) in [5.41, 5.74) is 17.5. The van der Waals surface area contributed by atoms with Crippen molar-refractivity contribution in [1.82, 2.24) is 0 Å². The molecule has 0 saturated heterocycles. The molecule has 7 aromatic rings. The first kappa shape index (κ1) is 31.6. The molecule has 7 aromatic carbocycles. The summed E-state index contributed by atoms with van der Waals surface area (Å²) in [4.78, 5) is 2.43. The molecule has 0 atom stereocenters. The van der Waals surface area contributed by atoms with Crippen molar-refractivity contribution in [2.75, 3.05) is 4.90 Å². The molecule has 0 radical (unpaired) electrons. The van der Waals surface area contributed by atoms with E-state index in [1.54, 1.807) is 0 Å². The van der Waals surface area contributed by atoms with Crippen LogP contribution >= 0.6 is 0 Å². The van der Waals surface area contributed by atoms with Gasteiger partial charge < -0.3 is 4.90 Å². The second kappa shape index (κ2) is 12.3. The number of anilines is 3. The molecule has 0 saturated carbocycles. The zero-order chi connectivity index (χ0) is 34.5. The second-order valence-corrected chi connectivity index (χ2v) is 15.0. The van der Waals surface area contributed by atoms with Crippen molar-refractivity contribution in [2.24, 2.45) is 0 Å². The van der Waals surface area contributed by atoms with Crippen molar-refractivity contribution in [3.63, 3.8) is 0 Å². The average molecular weight is 646 g/mol. The quantitative estimate of drug-likeness (QED) is 0.174. The number of hydrogen-bond acceptors (Lipinski definition) is 1. The van der Waals surface area contributed by atoms with Crippen LogP contribution in [0.25, 0.3) is 44.5 Å². The molecule has 1 heteroatoms. The van der Waals surface area contributed by atoms with Crippen LogP contribution in [0.4, 0.5) is 17.1 Å². The molecule has 8 rings (SSSR count). The first-order valence-corrected chi connectivity index (χ1v) is 17.7. The van der Waals surface area contributed by atoms with Gasteiger partial charge in [0.15, 0.2) is 0 Å². The predicted octanol–water partition coefficient (Wildman–Crippen LogP) is 13.8. The molecule has 0 amide bonds. The highest BCUT2D eigenvalue weighted by Gasteiger charge is 2.38. The normalized spacial score (nSPS) is 13.1. The Morgan fingerprint density at radius 3 is 1.70 bits per heavy atom. The Labute approximate surface area is 297 Å². The summed E-state index contributed by atoms with van der Waals surface area (Å²) in [5.74, 6) is 0. The van der Waals surface area contributed by atoms with Crippen LogP contribution in [0.1, 0.15) is 51.3 Å². The van der Waals surface area contributed by atoms with Crippen LogP contribution in [0.2, 0.25) is 0 Å². The van der Waals surface area contributed by atoms with Crippen molar-refractivity contribution in [2.45, 2.75) is 45.4 Å². The van der Waals surface area contributed by atoms with Gasteiger partial charge >= 0.3 is 0 Å². The fraction of sp³-hybridized carbons (Fsp3) is 0.143. The molecular formula is C49H43N. The second-order valence-electron chi connectivity index (χ2n) is 15.0. The van der Waals surface area contributed by atoms with Crippen LogP contribution in [-0.4, -0.2) is 0 Å². The number of rotatable bonds is 6. The van der Waals surface area contributed by atoms with E-state index in [4.69, 9.17) is 0 Å². The molecule has 0 unspecified atom stereocenters. The highest BCUT2D eigenvalue weighted by molar-refractivity contribution is 5.98. The zero-order valence-electron chi connectivity index (χ0n) is 29.6. The summed E-state index contributed by atoms with van der Waals surface area (Å²) in [6.45, 7) is 11.7. The number of benzene rings is 7. The van der Waals surface area contributed by atoms with Gasteiger partial charge in [0.25, 0.3) is 0 Å². The van der Waals surface area contributed by atoms with Crippen LogP contribution in [0.15, 0.2) is 170 Å². The number of nitrogens with zero attached hydrogens (tertiary/aromatic N) is 1. The van der Waals surface area contributed by atoms with Gasteiger partial charge in [0.1, 0.15) is 0 Å². The van der Waals surface area contributed by atoms with Gasteiger partial charge in [-0.3, -0.25) is 0 Å². The van der Waals surface area contributed by atoms with Gasteiger partial charge in [-0.05, 0) is 91.4 Å². The molecule has 0 bridgehead atoms. The molecule has 1 aliphatic rings. The molecule has 0 N–H and O–H groups in total.